The van der Waals surface area contributed by atoms with Crippen molar-refractivity contribution in [2.24, 2.45) is 0 Å². The van der Waals surface area contributed by atoms with Gasteiger partial charge in [-0.1, -0.05) is 30.3 Å². The van der Waals surface area contributed by atoms with Crippen molar-refractivity contribution in [2.45, 2.75) is 37.6 Å². The molecule has 4 aromatic carbocycles. The quantitative estimate of drug-likeness (QED) is 0.155. The van der Waals surface area contributed by atoms with Crippen molar-refractivity contribution in [2.75, 3.05) is 6.61 Å². The normalized spacial score (nSPS) is 21.6. The summed E-state index contributed by atoms with van der Waals surface area (Å²) in [6.45, 7) is -0.468. The van der Waals surface area contributed by atoms with Crippen LogP contribution < -0.4 is 5.32 Å². The largest absolute Gasteiger partial charge is 0.394 e. The average molecular weight is 634 g/mol. The van der Waals surface area contributed by atoms with Gasteiger partial charge in [-0.2, -0.15) is 0 Å². The van der Waals surface area contributed by atoms with E-state index in [1.807, 2.05) is 18.2 Å². The van der Waals surface area contributed by atoms with Crippen molar-refractivity contribution < 1.29 is 46.8 Å². The van der Waals surface area contributed by atoms with E-state index in [1.165, 1.54) is 4.57 Å². The minimum atomic E-state index is -1.31. The molecule has 0 spiro atoms. The molecule has 0 aliphatic carbocycles. The Morgan fingerprint density at radius 3 is 2.26 bits per heavy atom. The van der Waals surface area contributed by atoms with Gasteiger partial charge in [0.05, 0.1) is 53.1 Å². The lowest BCUT2D eigenvalue weighted by atomic mass is 9.96. The van der Waals surface area contributed by atoms with Gasteiger partial charge < -0.3 is 29.2 Å². The Labute approximate surface area is 255 Å². The highest BCUT2D eigenvalue weighted by Gasteiger charge is 2.43. The number of carbonyl (C=O) groups excluding carboxylic acids is 2. The molecule has 1 fully saturated rings. The number of ether oxygens (including phenoxy) is 2. The Kier molecular flexibility index (Phi) is 6.45. The predicted molar refractivity (Wildman–Crippen MR) is 157 cm³/mol. The first-order valence-electron chi connectivity index (χ1n) is 14.4. The molecule has 4 heterocycles. The van der Waals surface area contributed by atoms with Crippen LogP contribution in [0.1, 0.15) is 38.9 Å². The zero-order valence-corrected chi connectivity index (χ0v) is 23.6. The molecule has 46 heavy (non-hydrogen) atoms. The van der Waals surface area contributed by atoms with Crippen molar-refractivity contribution >= 4 is 55.4 Å². The van der Waals surface area contributed by atoms with E-state index in [9.17, 15) is 33.0 Å². The summed E-state index contributed by atoms with van der Waals surface area (Å²) in [5.41, 5.74) is 0.743. The maximum Gasteiger partial charge on any atom is 0.259 e. The molecule has 0 bridgehead atoms. The molecule has 1 saturated heterocycles. The van der Waals surface area contributed by atoms with Crippen LogP contribution in [-0.2, 0) is 16.1 Å². The maximum atomic E-state index is 15.0. The number of amides is 2. The molecule has 2 aliphatic heterocycles. The van der Waals surface area contributed by atoms with Crippen LogP contribution in [0.3, 0.4) is 0 Å². The van der Waals surface area contributed by atoms with Crippen molar-refractivity contribution in [1.29, 1.82) is 0 Å². The number of H-pyrrole nitrogens is 1. The molecule has 9 nitrogen and oxygen atoms in total. The first-order valence-corrected chi connectivity index (χ1v) is 14.4. The number of aromatic amines is 1. The van der Waals surface area contributed by atoms with E-state index in [0.717, 1.165) is 29.8 Å². The fourth-order valence-corrected chi connectivity index (χ4v) is 6.83. The molecule has 2 aliphatic rings. The molecule has 2 amide bonds. The van der Waals surface area contributed by atoms with E-state index in [2.05, 4.69) is 10.3 Å². The topological polar surface area (TPSA) is 126 Å². The number of aliphatic hydroxyl groups is 2. The minimum Gasteiger partial charge on any atom is -0.394 e. The fraction of sp³-hybridized carbons (Fsp3) is 0.212. The fourth-order valence-electron chi connectivity index (χ4n) is 6.83. The van der Waals surface area contributed by atoms with Crippen LogP contribution in [0.25, 0.3) is 43.6 Å². The molecule has 2 aromatic heterocycles. The van der Waals surface area contributed by atoms with E-state index in [0.29, 0.717) is 0 Å². The van der Waals surface area contributed by atoms with Gasteiger partial charge in [0.1, 0.15) is 6.10 Å². The van der Waals surface area contributed by atoms with E-state index < -0.39 is 66.2 Å². The lowest BCUT2D eigenvalue weighted by molar-refractivity contribution is -0.222. The third-order valence-electron chi connectivity index (χ3n) is 8.79. The van der Waals surface area contributed by atoms with Crippen molar-refractivity contribution in [3.63, 3.8) is 0 Å². The Balaban J connectivity index is 1.50. The number of benzene rings is 4. The summed E-state index contributed by atoms with van der Waals surface area (Å²) in [7, 11) is 0. The molecule has 4 N–H and O–H groups in total. The summed E-state index contributed by atoms with van der Waals surface area (Å²) in [4.78, 5) is 29.6. The number of hydrogen-bond donors (Lipinski definition) is 4. The smallest absolute Gasteiger partial charge is 0.259 e. The molecule has 13 heteroatoms. The number of halogens is 4. The second-order valence-electron chi connectivity index (χ2n) is 11.5. The number of nitrogens with zero attached hydrogens (tertiary/aromatic N) is 1. The number of rotatable bonds is 5. The van der Waals surface area contributed by atoms with Crippen LogP contribution in [0, 0.1) is 23.3 Å². The molecule has 0 saturated carbocycles. The highest BCUT2D eigenvalue weighted by Crippen LogP contribution is 2.47. The summed E-state index contributed by atoms with van der Waals surface area (Å²) >= 11 is 0. The van der Waals surface area contributed by atoms with Gasteiger partial charge in [-0.3, -0.25) is 14.9 Å². The monoisotopic (exact) mass is 633 g/mol. The number of aliphatic hydroxyl groups excluding tert-OH is 2. The number of fused-ring (bicyclic) bond motifs is 10. The zero-order valence-electron chi connectivity index (χ0n) is 23.6. The van der Waals surface area contributed by atoms with Crippen molar-refractivity contribution in [1.82, 2.24) is 14.9 Å². The first kappa shape index (κ1) is 28.6. The molecule has 4 atom stereocenters. The molecule has 234 valence electrons. The summed E-state index contributed by atoms with van der Waals surface area (Å²) in [5.74, 6) is -6.48. The van der Waals surface area contributed by atoms with E-state index >= 15 is 4.39 Å². The number of aromatic nitrogens is 2. The second kappa shape index (κ2) is 10.4. The standard InChI is InChI=1S/C33H23F4N3O6/c34-17-7-15-21(9-19(17)36)38-28-24(15)26-27(32(44)39-31(26)43)25-16-8-18(35)20(37)10-22(16)40(29(25)28)33-30(23(42)6-14(11-41)46-33)45-12-13-4-2-1-3-5-13/h1-5,7-10,14,23,30,33,38,41-42H,6,11-12H2,(H,39,43,44). The Morgan fingerprint density at radius 1 is 0.891 bits per heavy atom. The SMILES string of the molecule is O=C1NC(=O)c2c1c1c3cc(F)c(F)cc3[nH]c1c1c2c2cc(F)c(F)cc2n1C1OC(CO)CC(O)C1OCc1ccccc1. The van der Waals surface area contributed by atoms with E-state index in [4.69, 9.17) is 9.47 Å². The van der Waals surface area contributed by atoms with Gasteiger partial charge in [0, 0.05) is 45.6 Å². The molecule has 6 aromatic rings. The minimum absolute atomic E-state index is 0.0101. The van der Waals surface area contributed by atoms with E-state index in [-0.39, 0.29) is 67.8 Å². The van der Waals surface area contributed by atoms with Gasteiger partial charge in [0.15, 0.2) is 29.5 Å². The first-order chi connectivity index (χ1) is 22.2. The van der Waals surface area contributed by atoms with Crippen LogP contribution in [0.5, 0.6) is 0 Å². The van der Waals surface area contributed by atoms with Gasteiger partial charge in [0.2, 0.25) is 0 Å². The third kappa shape index (κ3) is 4.09. The third-order valence-corrected chi connectivity index (χ3v) is 8.79. The summed E-state index contributed by atoms with van der Waals surface area (Å²) in [5, 5.41) is 23.8. The van der Waals surface area contributed by atoms with Crippen LogP contribution >= 0.6 is 0 Å². The maximum absolute atomic E-state index is 15.0. The molecular weight excluding hydrogens is 610 g/mol. The van der Waals surface area contributed by atoms with Gasteiger partial charge in [-0.25, -0.2) is 17.6 Å². The van der Waals surface area contributed by atoms with Crippen LogP contribution in [0.15, 0.2) is 54.6 Å². The molecular formula is C33H23F4N3O6. The lowest BCUT2D eigenvalue weighted by Crippen LogP contribution is -2.48. The van der Waals surface area contributed by atoms with Gasteiger partial charge in [0.25, 0.3) is 11.8 Å². The highest BCUT2D eigenvalue weighted by molar-refractivity contribution is 6.39. The van der Waals surface area contributed by atoms with Gasteiger partial charge >= 0.3 is 0 Å². The summed E-state index contributed by atoms with van der Waals surface area (Å²) in [6.07, 6.45) is -4.59. The van der Waals surface area contributed by atoms with Crippen molar-refractivity contribution in [3.05, 3.63) is 94.6 Å². The molecule has 8 rings (SSSR count). The highest BCUT2D eigenvalue weighted by atomic mass is 19.2. The zero-order chi connectivity index (χ0) is 32.0. The lowest BCUT2D eigenvalue weighted by Gasteiger charge is -2.40. The Morgan fingerprint density at radius 2 is 1.54 bits per heavy atom. The number of carbonyl (C=O) groups is 2. The van der Waals surface area contributed by atoms with Crippen LogP contribution in [0.2, 0.25) is 0 Å². The van der Waals surface area contributed by atoms with Gasteiger partial charge in [-0.05, 0) is 17.7 Å². The summed E-state index contributed by atoms with van der Waals surface area (Å²) in [6, 6.07) is 12.6. The predicted octanol–water partition coefficient (Wildman–Crippen LogP) is 5.10. The van der Waals surface area contributed by atoms with E-state index in [1.54, 1.807) is 12.1 Å². The number of hydrogen-bond acceptors (Lipinski definition) is 6. The Hall–Kier alpha value is -4.82. The van der Waals surface area contributed by atoms with Crippen LogP contribution in [-0.4, -0.2) is 56.5 Å². The second-order valence-corrected chi connectivity index (χ2v) is 11.5. The van der Waals surface area contributed by atoms with Gasteiger partial charge in [-0.15, -0.1) is 0 Å². The summed E-state index contributed by atoms with van der Waals surface area (Å²) < 4.78 is 72.8. The number of nitrogens with one attached hydrogen (secondary N) is 2. The number of imide groups is 1. The molecule has 0 radical (unpaired) electrons. The molecule has 4 unspecified atom stereocenters. The van der Waals surface area contributed by atoms with Crippen molar-refractivity contribution in [3.8, 4) is 0 Å². The average Bonchev–Trinajstić information content (AvgIpc) is 3.65. The Bertz CT molecular complexity index is 2270. The van der Waals surface area contributed by atoms with Crippen LogP contribution in [0.4, 0.5) is 17.6 Å².